The molecule has 0 aliphatic carbocycles. The van der Waals surface area contributed by atoms with Gasteiger partial charge in [-0.15, -0.1) is 0 Å². The van der Waals surface area contributed by atoms with Crippen LogP contribution in [0.15, 0.2) is 265 Å². The van der Waals surface area contributed by atoms with Crippen LogP contribution in [-0.4, -0.2) is 0 Å². The molecule has 0 atom stereocenters. The van der Waals surface area contributed by atoms with Crippen LogP contribution in [0.25, 0.3) is 99.5 Å². The van der Waals surface area contributed by atoms with Gasteiger partial charge in [0.25, 0.3) is 0 Å². The second-order valence-electron chi connectivity index (χ2n) is 16.8. The Morgan fingerprint density at radius 3 is 1.42 bits per heavy atom. The van der Waals surface area contributed by atoms with Gasteiger partial charge in [-0.05, 0) is 109 Å². The second-order valence-corrected chi connectivity index (χ2v) is 16.8. The molecule has 0 N–H and O–H groups in total. The first-order valence-corrected chi connectivity index (χ1v) is 22.6. The summed E-state index contributed by atoms with van der Waals surface area (Å²) >= 11 is 0. The predicted octanol–water partition coefficient (Wildman–Crippen LogP) is 18.2. The Hall–Kier alpha value is -8.72. The van der Waals surface area contributed by atoms with E-state index < -0.39 is 0 Å². The van der Waals surface area contributed by atoms with Crippen molar-refractivity contribution >= 4 is 49.8 Å². The van der Waals surface area contributed by atoms with Crippen LogP contribution in [0.4, 0.5) is 17.1 Å². The topological polar surface area (TPSA) is 16.4 Å². The summed E-state index contributed by atoms with van der Waals surface area (Å²) in [6.07, 6.45) is 0. The van der Waals surface area contributed by atoms with E-state index in [9.17, 15) is 0 Å². The molecule has 2 nitrogen and oxygen atoms in total. The number of fused-ring (bicyclic) bond motifs is 4. The molecular formula is C64H43NO. The molecule has 1 aromatic heterocycles. The minimum Gasteiger partial charge on any atom is -0.455 e. The molecule has 66 heavy (non-hydrogen) atoms. The molecular weight excluding hydrogens is 799 g/mol. The molecule has 12 aromatic rings. The Morgan fingerprint density at radius 2 is 0.712 bits per heavy atom. The van der Waals surface area contributed by atoms with Crippen molar-refractivity contribution < 1.29 is 4.42 Å². The maximum absolute atomic E-state index is 6.48. The molecule has 12 rings (SSSR count). The van der Waals surface area contributed by atoms with Crippen LogP contribution < -0.4 is 4.90 Å². The average molecular weight is 842 g/mol. The molecule has 0 saturated heterocycles. The fourth-order valence-electron chi connectivity index (χ4n) is 9.66. The van der Waals surface area contributed by atoms with Crippen LogP contribution in [-0.2, 0) is 0 Å². The third-order valence-corrected chi connectivity index (χ3v) is 12.9. The van der Waals surface area contributed by atoms with E-state index in [1.54, 1.807) is 0 Å². The summed E-state index contributed by atoms with van der Waals surface area (Å²) < 4.78 is 6.48. The highest BCUT2D eigenvalue weighted by molar-refractivity contribution is 6.09. The predicted molar refractivity (Wildman–Crippen MR) is 279 cm³/mol. The van der Waals surface area contributed by atoms with E-state index in [1.807, 2.05) is 12.1 Å². The van der Waals surface area contributed by atoms with E-state index in [0.29, 0.717) is 0 Å². The molecule has 0 unspecified atom stereocenters. The molecule has 0 bridgehead atoms. The van der Waals surface area contributed by atoms with Crippen molar-refractivity contribution in [2.45, 2.75) is 0 Å². The Morgan fingerprint density at radius 1 is 0.258 bits per heavy atom. The average Bonchev–Trinajstić information content (AvgIpc) is 3.79. The van der Waals surface area contributed by atoms with Gasteiger partial charge < -0.3 is 9.32 Å². The lowest BCUT2D eigenvalue weighted by Crippen LogP contribution is -2.11. The highest BCUT2D eigenvalue weighted by atomic mass is 16.3. The van der Waals surface area contributed by atoms with Gasteiger partial charge in [-0.3, -0.25) is 0 Å². The number of rotatable bonds is 9. The van der Waals surface area contributed by atoms with E-state index in [4.69, 9.17) is 4.42 Å². The maximum atomic E-state index is 6.48. The van der Waals surface area contributed by atoms with E-state index in [2.05, 4.69) is 254 Å². The standard InChI is InChI=1S/C64H43NO/c1-2-16-48(17-3-1)54-19-6-7-20-56(54)57-21-8-9-22-58(57)59-23-10-12-27-62(59)65(53-41-37-49(38-42-53)55-25-14-26-61-60-24-11-13-28-63(60)66-64(55)61)52-39-35-46(36-40-52)45-29-31-47(32-30-45)51-34-33-44-15-4-5-18-50(44)43-51/h1-43H. The number of hydrogen-bond acceptors (Lipinski definition) is 2. The summed E-state index contributed by atoms with van der Waals surface area (Å²) in [6, 6.07) is 93.8. The van der Waals surface area contributed by atoms with Gasteiger partial charge in [-0.2, -0.15) is 0 Å². The number of anilines is 3. The van der Waals surface area contributed by atoms with Crippen molar-refractivity contribution in [3.05, 3.63) is 261 Å². The van der Waals surface area contributed by atoms with Gasteiger partial charge >= 0.3 is 0 Å². The van der Waals surface area contributed by atoms with Crippen LogP contribution in [0.2, 0.25) is 0 Å². The van der Waals surface area contributed by atoms with Gasteiger partial charge in [0, 0.05) is 33.3 Å². The molecule has 0 aliphatic heterocycles. The number of hydrogen-bond donors (Lipinski definition) is 0. The lowest BCUT2D eigenvalue weighted by molar-refractivity contribution is 0.670. The Balaban J connectivity index is 0.960. The van der Waals surface area contributed by atoms with E-state index in [0.717, 1.165) is 66.8 Å². The molecule has 0 amide bonds. The summed E-state index contributed by atoms with van der Waals surface area (Å²) in [5.74, 6) is 0. The lowest BCUT2D eigenvalue weighted by atomic mass is 9.88. The van der Waals surface area contributed by atoms with Gasteiger partial charge in [0.05, 0.1) is 5.69 Å². The second kappa shape index (κ2) is 16.8. The fraction of sp³-hybridized carbons (Fsp3) is 0. The Labute approximate surface area is 384 Å². The number of furan rings is 1. The van der Waals surface area contributed by atoms with Crippen molar-refractivity contribution in [2.24, 2.45) is 0 Å². The molecule has 0 spiro atoms. The smallest absolute Gasteiger partial charge is 0.143 e. The molecule has 0 aliphatic rings. The summed E-state index contributed by atoms with van der Waals surface area (Å²) in [5, 5.41) is 4.76. The molecule has 11 aromatic carbocycles. The minimum atomic E-state index is 0.898. The molecule has 0 saturated carbocycles. The largest absolute Gasteiger partial charge is 0.455 e. The van der Waals surface area contributed by atoms with Crippen LogP contribution in [0.3, 0.4) is 0 Å². The molecule has 310 valence electrons. The third-order valence-electron chi connectivity index (χ3n) is 12.9. The highest BCUT2D eigenvalue weighted by Gasteiger charge is 2.21. The SMILES string of the molecule is c1ccc(-c2ccccc2-c2ccccc2-c2ccccc2N(c2ccc(-c3ccc(-c4ccc5ccccc5c4)cc3)cc2)c2ccc(-c3cccc4c3oc3ccccc34)cc2)cc1. The summed E-state index contributed by atoms with van der Waals surface area (Å²) in [5.41, 5.74) is 19.0. The van der Waals surface area contributed by atoms with Gasteiger partial charge in [0.2, 0.25) is 0 Å². The van der Waals surface area contributed by atoms with Gasteiger partial charge in [-0.1, -0.05) is 218 Å². The zero-order valence-electron chi connectivity index (χ0n) is 36.2. The highest BCUT2D eigenvalue weighted by Crippen LogP contribution is 2.46. The van der Waals surface area contributed by atoms with Crippen LogP contribution in [0.1, 0.15) is 0 Å². The van der Waals surface area contributed by atoms with Crippen molar-refractivity contribution in [1.82, 2.24) is 0 Å². The zero-order valence-corrected chi connectivity index (χ0v) is 36.2. The maximum Gasteiger partial charge on any atom is 0.143 e. The van der Waals surface area contributed by atoms with Crippen LogP contribution in [0, 0.1) is 0 Å². The Bertz CT molecular complexity index is 3680. The van der Waals surface area contributed by atoms with E-state index >= 15 is 0 Å². The number of benzene rings is 11. The molecule has 0 radical (unpaired) electrons. The number of para-hydroxylation sites is 3. The van der Waals surface area contributed by atoms with Crippen LogP contribution in [0.5, 0.6) is 0 Å². The molecule has 1 heterocycles. The van der Waals surface area contributed by atoms with Gasteiger partial charge in [0.15, 0.2) is 0 Å². The monoisotopic (exact) mass is 841 g/mol. The van der Waals surface area contributed by atoms with Crippen molar-refractivity contribution in [1.29, 1.82) is 0 Å². The third kappa shape index (κ3) is 7.12. The first-order valence-electron chi connectivity index (χ1n) is 22.6. The molecule has 2 heteroatoms. The first-order chi connectivity index (χ1) is 32.7. The van der Waals surface area contributed by atoms with Gasteiger partial charge in [-0.25, -0.2) is 0 Å². The minimum absolute atomic E-state index is 0.898. The lowest BCUT2D eigenvalue weighted by Gasteiger charge is -2.29. The van der Waals surface area contributed by atoms with Crippen LogP contribution >= 0.6 is 0 Å². The quantitative estimate of drug-likeness (QED) is 0.144. The van der Waals surface area contributed by atoms with E-state index in [1.165, 1.54) is 49.7 Å². The zero-order chi connectivity index (χ0) is 43.8. The normalized spacial score (nSPS) is 11.3. The van der Waals surface area contributed by atoms with Crippen molar-refractivity contribution in [3.8, 4) is 66.8 Å². The summed E-state index contributed by atoms with van der Waals surface area (Å²) in [6.45, 7) is 0. The number of nitrogens with zero attached hydrogens (tertiary/aromatic N) is 1. The summed E-state index contributed by atoms with van der Waals surface area (Å²) in [4.78, 5) is 2.40. The van der Waals surface area contributed by atoms with Gasteiger partial charge in [0.1, 0.15) is 11.2 Å². The first kappa shape index (κ1) is 38.9. The fourth-order valence-corrected chi connectivity index (χ4v) is 9.66. The summed E-state index contributed by atoms with van der Waals surface area (Å²) in [7, 11) is 0. The van der Waals surface area contributed by atoms with Crippen molar-refractivity contribution in [2.75, 3.05) is 4.90 Å². The van der Waals surface area contributed by atoms with Crippen molar-refractivity contribution in [3.63, 3.8) is 0 Å². The van der Waals surface area contributed by atoms with E-state index in [-0.39, 0.29) is 0 Å². The molecule has 0 fully saturated rings. The Kier molecular flexibility index (Phi) is 9.89.